The fourth-order valence-electron chi connectivity index (χ4n) is 2.24. The zero-order valence-electron chi connectivity index (χ0n) is 14.0. The van der Waals surface area contributed by atoms with Crippen LogP contribution in [-0.4, -0.2) is 5.97 Å². The molecule has 0 saturated carbocycles. The molecular weight excluding hydrogens is 272 g/mol. The second-order valence-electron chi connectivity index (χ2n) is 5.66. The zero-order valence-corrected chi connectivity index (χ0v) is 14.0. The zero-order chi connectivity index (χ0) is 16.2. The van der Waals surface area contributed by atoms with E-state index in [0.717, 1.165) is 18.4 Å². The maximum absolute atomic E-state index is 11.9. The van der Waals surface area contributed by atoms with Gasteiger partial charge in [-0.05, 0) is 30.9 Å². The van der Waals surface area contributed by atoms with Crippen molar-refractivity contribution >= 4 is 12.0 Å². The summed E-state index contributed by atoms with van der Waals surface area (Å²) in [6.07, 6.45) is 11.1. The first-order valence-corrected chi connectivity index (χ1v) is 8.26. The lowest BCUT2D eigenvalue weighted by Crippen LogP contribution is -2.03. The van der Waals surface area contributed by atoms with Crippen LogP contribution < -0.4 is 0 Å². The van der Waals surface area contributed by atoms with Gasteiger partial charge in [-0.2, -0.15) is 0 Å². The van der Waals surface area contributed by atoms with E-state index in [-0.39, 0.29) is 5.97 Å². The summed E-state index contributed by atoms with van der Waals surface area (Å²) in [5.41, 5.74) is 1.70. The summed E-state index contributed by atoms with van der Waals surface area (Å²) in [7, 11) is 0. The van der Waals surface area contributed by atoms with Crippen molar-refractivity contribution in [2.24, 2.45) is 5.92 Å². The minimum absolute atomic E-state index is 0.266. The van der Waals surface area contributed by atoms with Crippen molar-refractivity contribution in [3.05, 3.63) is 53.8 Å². The third-order valence-corrected chi connectivity index (χ3v) is 3.86. The summed E-state index contributed by atoms with van der Waals surface area (Å²) in [5, 5.41) is 0. The first-order chi connectivity index (χ1) is 10.7. The van der Waals surface area contributed by atoms with Crippen LogP contribution in [0.25, 0.3) is 6.08 Å². The highest BCUT2D eigenvalue weighted by Gasteiger charge is 2.07. The molecule has 0 radical (unpaired) electrons. The molecule has 0 heterocycles. The normalized spacial score (nSPS) is 13.3. The Kier molecular flexibility index (Phi) is 8.97. The van der Waals surface area contributed by atoms with E-state index in [9.17, 15) is 4.79 Å². The van der Waals surface area contributed by atoms with E-state index < -0.39 is 0 Å². The Morgan fingerprint density at radius 3 is 2.59 bits per heavy atom. The van der Waals surface area contributed by atoms with Gasteiger partial charge in [0.2, 0.25) is 0 Å². The number of carbonyl (C=O) groups excluding carboxylic acids is 1. The quantitative estimate of drug-likeness (QED) is 0.329. The Bertz CT molecular complexity index is 486. The molecule has 22 heavy (non-hydrogen) atoms. The third kappa shape index (κ3) is 7.26. The van der Waals surface area contributed by atoms with E-state index in [4.69, 9.17) is 4.74 Å². The average Bonchev–Trinajstić information content (AvgIpc) is 2.55. The molecule has 1 atom stereocenters. The van der Waals surface area contributed by atoms with Gasteiger partial charge in [0.15, 0.2) is 0 Å². The molecule has 0 aromatic heterocycles. The Balaban J connectivity index is 2.43. The first-order valence-electron chi connectivity index (χ1n) is 8.26. The molecule has 0 bridgehead atoms. The highest BCUT2D eigenvalue weighted by molar-refractivity contribution is 5.88. The number of esters is 1. The Morgan fingerprint density at radius 2 is 1.95 bits per heavy atom. The minimum atomic E-state index is -0.266. The van der Waals surface area contributed by atoms with Gasteiger partial charge in [0.25, 0.3) is 0 Å². The molecule has 0 aliphatic carbocycles. The SMILES string of the molecule is CCCCC(CC)CC=C(C)C(=O)OC=Cc1ccccc1. The van der Waals surface area contributed by atoms with Gasteiger partial charge in [-0.1, -0.05) is 75.9 Å². The molecule has 0 saturated heterocycles. The molecule has 1 rings (SSSR count). The molecule has 0 aliphatic heterocycles. The van der Waals surface area contributed by atoms with Gasteiger partial charge in [0.05, 0.1) is 6.26 Å². The molecule has 1 unspecified atom stereocenters. The number of benzene rings is 1. The van der Waals surface area contributed by atoms with Crippen LogP contribution in [0.4, 0.5) is 0 Å². The molecule has 1 aromatic rings. The van der Waals surface area contributed by atoms with Crippen LogP contribution in [0.2, 0.25) is 0 Å². The van der Waals surface area contributed by atoms with Gasteiger partial charge in [-0.15, -0.1) is 0 Å². The van der Waals surface area contributed by atoms with Crippen molar-refractivity contribution in [1.82, 2.24) is 0 Å². The van der Waals surface area contributed by atoms with Crippen LogP contribution >= 0.6 is 0 Å². The second kappa shape index (κ2) is 10.8. The molecule has 1 aromatic carbocycles. The van der Waals surface area contributed by atoms with Gasteiger partial charge in [0.1, 0.15) is 0 Å². The van der Waals surface area contributed by atoms with E-state index in [0.29, 0.717) is 11.5 Å². The fraction of sp³-hybridized carbons (Fsp3) is 0.450. The number of hydrogen-bond donors (Lipinski definition) is 0. The van der Waals surface area contributed by atoms with Crippen molar-refractivity contribution in [2.75, 3.05) is 0 Å². The standard InChI is InChI=1S/C20H28O2/c1-4-6-10-18(5-2)14-13-17(3)20(21)22-16-15-19-11-8-7-9-12-19/h7-9,11-13,15-16,18H,4-6,10,14H2,1-3H3. The molecule has 2 nitrogen and oxygen atoms in total. The monoisotopic (exact) mass is 300 g/mol. The van der Waals surface area contributed by atoms with Crippen molar-refractivity contribution in [2.45, 2.75) is 52.9 Å². The van der Waals surface area contributed by atoms with E-state index in [1.54, 1.807) is 6.08 Å². The molecule has 0 amide bonds. The van der Waals surface area contributed by atoms with Crippen LogP contribution in [0.3, 0.4) is 0 Å². The third-order valence-electron chi connectivity index (χ3n) is 3.86. The Hall–Kier alpha value is -1.83. The summed E-state index contributed by atoms with van der Waals surface area (Å²) in [6.45, 7) is 6.25. The molecule has 0 N–H and O–H groups in total. The molecule has 0 aliphatic rings. The lowest BCUT2D eigenvalue weighted by Gasteiger charge is -2.11. The van der Waals surface area contributed by atoms with Crippen molar-refractivity contribution < 1.29 is 9.53 Å². The smallest absolute Gasteiger partial charge is 0.338 e. The number of hydrogen-bond acceptors (Lipinski definition) is 2. The van der Waals surface area contributed by atoms with Gasteiger partial charge < -0.3 is 4.74 Å². The van der Waals surface area contributed by atoms with Crippen LogP contribution in [0, 0.1) is 5.92 Å². The van der Waals surface area contributed by atoms with Crippen LogP contribution in [-0.2, 0) is 9.53 Å². The molecule has 0 fully saturated rings. The number of allylic oxidation sites excluding steroid dienone is 1. The van der Waals surface area contributed by atoms with Gasteiger partial charge in [0, 0.05) is 5.57 Å². The number of ether oxygens (including phenoxy) is 1. The lowest BCUT2D eigenvalue weighted by molar-refractivity contribution is -0.133. The molecular formula is C20H28O2. The topological polar surface area (TPSA) is 26.3 Å². The maximum Gasteiger partial charge on any atom is 0.338 e. The van der Waals surface area contributed by atoms with Crippen molar-refractivity contribution in [1.29, 1.82) is 0 Å². The average molecular weight is 300 g/mol. The number of rotatable bonds is 9. The number of carbonyl (C=O) groups is 1. The Morgan fingerprint density at radius 1 is 1.23 bits per heavy atom. The highest BCUT2D eigenvalue weighted by atomic mass is 16.5. The lowest BCUT2D eigenvalue weighted by atomic mass is 9.95. The summed E-state index contributed by atoms with van der Waals surface area (Å²) >= 11 is 0. The highest BCUT2D eigenvalue weighted by Crippen LogP contribution is 2.18. The first kappa shape index (κ1) is 18.2. The summed E-state index contributed by atoms with van der Waals surface area (Å²) in [5.74, 6) is 0.403. The molecule has 2 heteroatoms. The molecule has 120 valence electrons. The van der Waals surface area contributed by atoms with Crippen LogP contribution in [0.5, 0.6) is 0 Å². The second-order valence-corrected chi connectivity index (χ2v) is 5.66. The van der Waals surface area contributed by atoms with Crippen LogP contribution in [0.1, 0.15) is 58.4 Å². The van der Waals surface area contributed by atoms with Gasteiger partial charge >= 0.3 is 5.97 Å². The maximum atomic E-state index is 11.9. The van der Waals surface area contributed by atoms with Crippen LogP contribution in [0.15, 0.2) is 48.2 Å². The Labute approximate surface area is 134 Å². The molecule has 0 spiro atoms. The number of unbranched alkanes of at least 4 members (excludes halogenated alkanes) is 1. The fourth-order valence-corrected chi connectivity index (χ4v) is 2.24. The predicted octanol–water partition coefficient (Wildman–Crippen LogP) is 5.75. The summed E-state index contributed by atoms with van der Waals surface area (Å²) in [4.78, 5) is 11.9. The van der Waals surface area contributed by atoms with Crippen molar-refractivity contribution in [3.8, 4) is 0 Å². The van der Waals surface area contributed by atoms with Gasteiger partial charge in [-0.3, -0.25) is 0 Å². The van der Waals surface area contributed by atoms with Gasteiger partial charge in [-0.25, -0.2) is 4.79 Å². The summed E-state index contributed by atoms with van der Waals surface area (Å²) < 4.78 is 5.17. The largest absolute Gasteiger partial charge is 0.431 e. The van der Waals surface area contributed by atoms with E-state index >= 15 is 0 Å². The van der Waals surface area contributed by atoms with Crippen molar-refractivity contribution in [3.63, 3.8) is 0 Å². The summed E-state index contributed by atoms with van der Waals surface area (Å²) in [6, 6.07) is 9.79. The minimum Gasteiger partial charge on any atom is -0.431 e. The van der Waals surface area contributed by atoms with E-state index in [2.05, 4.69) is 13.8 Å². The van der Waals surface area contributed by atoms with E-state index in [1.165, 1.54) is 25.5 Å². The predicted molar refractivity (Wildman–Crippen MR) is 93.2 cm³/mol. The van der Waals surface area contributed by atoms with E-state index in [1.807, 2.05) is 43.3 Å².